The lowest BCUT2D eigenvalue weighted by Gasteiger charge is -2.16. The van der Waals surface area contributed by atoms with Gasteiger partial charge in [-0.1, -0.05) is 0 Å². The predicted molar refractivity (Wildman–Crippen MR) is 57.8 cm³/mol. The molecule has 2 heterocycles. The van der Waals surface area contributed by atoms with E-state index in [0.29, 0.717) is 0 Å². The maximum absolute atomic E-state index is 13.7. The van der Waals surface area contributed by atoms with Crippen LogP contribution in [-0.4, -0.2) is 44.8 Å². The summed E-state index contributed by atoms with van der Waals surface area (Å²) >= 11 is 4.86. The lowest BCUT2D eigenvalue weighted by atomic mass is 10.1. The van der Waals surface area contributed by atoms with Crippen LogP contribution in [0.5, 0.6) is 0 Å². The smallest absolute Gasteiger partial charge is 0.251 e. The predicted octanol–water partition coefficient (Wildman–Crippen LogP) is -0.505. The molecule has 1 aromatic rings. The van der Waals surface area contributed by atoms with Crippen molar-refractivity contribution in [1.82, 2.24) is 9.55 Å². The highest BCUT2D eigenvalue weighted by Gasteiger charge is 2.44. The van der Waals surface area contributed by atoms with Gasteiger partial charge in [-0.05, 0) is 12.2 Å². The fourth-order valence-corrected chi connectivity index (χ4v) is 1.97. The molecule has 4 atom stereocenters. The van der Waals surface area contributed by atoms with Crippen LogP contribution in [-0.2, 0) is 4.74 Å². The normalized spacial score (nSPS) is 32.9. The van der Waals surface area contributed by atoms with Gasteiger partial charge in [0.1, 0.15) is 12.2 Å². The molecule has 1 aliphatic heterocycles. The van der Waals surface area contributed by atoms with Crippen molar-refractivity contribution in [2.45, 2.75) is 24.6 Å². The Hall–Kier alpha value is -1.09. The molecule has 94 valence electrons. The Balaban J connectivity index is 2.35. The largest absolute Gasteiger partial charge is 0.394 e. The van der Waals surface area contributed by atoms with Gasteiger partial charge in [-0.15, -0.1) is 0 Å². The molecule has 0 saturated carbocycles. The number of nitrogens with one attached hydrogen (secondary N) is 1. The minimum Gasteiger partial charge on any atom is -0.394 e. The van der Waals surface area contributed by atoms with Crippen molar-refractivity contribution in [1.29, 1.82) is 0 Å². The fourth-order valence-electron chi connectivity index (χ4n) is 1.71. The zero-order valence-electron chi connectivity index (χ0n) is 8.62. The molecule has 0 aliphatic carbocycles. The molecule has 8 heteroatoms. The molecule has 6 nitrogen and oxygen atoms in total. The third-order valence-electron chi connectivity index (χ3n) is 2.60. The van der Waals surface area contributed by atoms with Gasteiger partial charge in [0.15, 0.2) is 17.2 Å². The van der Waals surface area contributed by atoms with E-state index in [4.69, 9.17) is 22.1 Å². The molecule has 0 spiro atoms. The molecular weight excluding hydrogens is 251 g/mol. The van der Waals surface area contributed by atoms with Gasteiger partial charge >= 0.3 is 0 Å². The number of aliphatic hydroxyl groups excluding tert-OH is 2. The van der Waals surface area contributed by atoms with Crippen LogP contribution in [0.3, 0.4) is 0 Å². The first kappa shape index (κ1) is 12.4. The number of ether oxygens (including phenoxy) is 1. The maximum Gasteiger partial charge on any atom is 0.251 e. The van der Waals surface area contributed by atoms with Crippen LogP contribution in [0, 0.1) is 4.77 Å². The van der Waals surface area contributed by atoms with Crippen LogP contribution in [0.1, 0.15) is 6.23 Å². The summed E-state index contributed by atoms with van der Waals surface area (Å²) < 4.78 is 20.1. The van der Waals surface area contributed by atoms with Crippen LogP contribution in [0.15, 0.2) is 17.1 Å². The molecule has 0 amide bonds. The minimum atomic E-state index is -1.72. The summed E-state index contributed by atoms with van der Waals surface area (Å²) in [4.78, 5) is 13.3. The van der Waals surface area contributed by atoms with E-state index in [-0.39, 0.29) is 4.77 Å². The Morgan fingerprint density at radius 1 is 1.65 bits per heavy atom. The lowest BCUT2D eigenvalue weighted by Crippen LogP contribution is -2.30. The van der Waals surface area contributed by atoms with E-state index in [1.54, 1.807) is 0 Å². The molecule has 1 fully saturated rings. The quantitative estimate of drug-likeness (QED) is 0.625. The van der Waals surface area contributed by atoms with E-state index >= 15 is 0 Å². The average Bonchev–Trinajstić information content (AvgIpc) is 2.57. The van der Waals surface area contributed by atoms with E-state index in [2.05, 4.69) is 4.98 Å². The number of H-pyrrole nitrogens is 1. The van der Waals surface area contributed by atoms with Gasteiger partial charge in [-0.25, -0.2) is 4.39 Å². The molecule has 1 aromatic heterocycles. The third kappa shape index (κ3) is 2.16. The van der Waals surface area contributed by atoms with E-state index < -0.39 is 36.8 Å². The van der Waals surface area contributed by atoms with Crippen molar-refractivity contribution >= 4 is 12.2 Å². The zero-order chi connectivity index (χ0) is 12.6. The second-order valence-electron chi connectivity index (χ2n) is 3.70. The highest BCUT2D eigenvalue weighted by atomic mass is 32.1. The lowest BCUT2D eigenvalue weighted by molar-refractivity contribution is -0.0484. The fraction of sp³-hybridized carbons (Fsp3) is 0.556. The van der Waals surface area contributed by atoms with E-state index in [1.165, 1.54) is 16.8 Å². The summed E-state index contributed by atoms with van der Waals surface area (Å²) in [5.74, 6) is 0. The van der Waals surface area contributed by atoms with Crippen molar-refractivity contribution in [3.8, 4) is 0 Å². The standard InChI is InChI=1S/C9H11FN2O4S/c10-6-7(15)4(3-13)16-8(6)12-2-1-5(14)11-9(12)17/h1-2,4,6-8,13,15H,3H2,(H,11,14,17)/t4?,6?,7?,8-/m1/s1. The number of aliphatic hydroxyl groups is 2. The van der Waals surface area contributed by atoms with Crippen LogP contribution in [0.25, 0.3) is 0 Å². The van der Waals surface area contributed by atoms with E-state index in [9.17, 15) is 14.3 Å². The first-order valence-corrected chi connectivity index (χ1v) is 5.35. The van der Waals surface area contributed by atoms with Crippen LogP contribution in [0.4, 0.5) is 4.39 Å². The van der Waals surface area contributed by atoms with E-state index in [1.807, 2.05) is 0 Å². The Bertz CT molecular complexity index is 516. The summed E-state index contributed by atoms with van der Waals surface area (Å²) in [5, 5.41) is 18.3. The Morgan fingerprint density at radius 2 is 2.35 bits per heavy atom. The van der Waals surface area contributed by atoms with Gasteiger partial charge in [0.25, 0.3) is 5.56 Å². The van der Waals surface area contributed by atoms with E-state index in [0.717, 1.165) is 0 Å². The molecule has 0 aromatic carbocycles. The molecule has 2 rings (SSSR count). The monoisotopic (exact) mass is 262 g/mol. The highest BCUT2D eigenvalue weighted by molar-refractivity contribution is 7.71. The number of rotatable bonds is 2. The maximum atomic E-state index is 13.7. The minimum absolute atomic E-state index is 0.00376. The number of alkyl halides is 1. The molecule has 0 bridgehead atoms. The van der Waals surface area contributed by atoms with Crippen molar-refractivity contribution in [3.63, 3.8) is 0 Å². The molecule has 1 aliphatic rings. The highest BCUT2D eigenvalue weighted by Crippen LogP contribution is 2.31. The number of nitrogens with zero attached hydrogens (tertiary/aromatic N) is 1. The topological polar surface area (TPSA) is 87.5 Å². The number of hydrogen-bond donors (Lipinski definition) is 3. The van der Waals surface area contributed by atoms with Gasteiger partial charge in [0.05, 0.1) is 6.61 Å². The van der Waals surface area contributed by atoms with Crippen molar-refractivity contribution in [2.24, 2.45) is 0 Å². The molecule has 17 heavy (non-hydrogen) atoms. The summed E-state index contributed by atoms with van der Waals surface area (Å²) in [6.45, 7) is -0.491. The van der Waals surface area contributed by atoms with Gasteiger partial charge < -0.3 is 14.9 Å². The summed E-state index contributed by atoms with van der Waals surface area (Å²) in [6, 6.07) is 1.17. The van der Waals surface area contributed by atoms with Crippen LogP contribution < -0.4 is 5.56 Å². The summed E-state index contributed by atoms with van der Waals surface area (Å²) in [5.41, 5.74) is -0.404. The first-order chi connectivity index (χ1) is 8.04. The second kappa shape index (κ2) is 4.65. The number of aromatic nitrogens is 2. The molecule has 0 radical (unpaired) electrons. The SMILES string of the molecule is O=c1ccn([C@@H]2OC(CO)C(O)C2F)c(=S)[nH]1. The molecule has 1 saturated heterocycles. The van der Waals surface area contributed by atoms with Gasteiger partial charge in [-0.3, -0.25) is 14.3 Å². The average molecular weight is 262 g/mol. The summed E-state index contributed by atoms with van der Waals surface area (Å²) in [6.07, 6.45) is -4.00. The molecule has 3 N–H and O–H groups in total. The second-order valence-corrected chi connectivity index (χ2v) is 4.09. The Kier molecular flexibility index (Phi) is 3.38. The van der Waals surface area contributed by atoms with Gasteiger partial charge in [0, 0.05) is 12.3 Å². The molecule has 3 unspecified atom stereocenters. The summed E-state index contributed by atoms with van der Waals surface area (Å²) in [7, 11) is 0. The number of hydrogen-bond acceptors (Lipinski definition) is 5. The first-order valence-electron chi connectivity index (χ1n) is 4.94. The number of halogens is 1. The number of aromatic amines is 1. The molecular formula is C9H11FN2O4S. The van der Waals surface area contributed by atoms with Gasteiger partial charge in [0.2, 0.25) is 0 Å². The Labute approximate surface area is 100 Å². The van der Waals surface area contributed by atoms with Crippen molar-refractivity contribution in [3.05, 3.63) is 27.4 Å². The third-order valence-corrected chi connectivity index (χ3v) is 2.91. The Morgan fingerprint density at radius 3 is 2.88 bits per heavy atom. The zero-order valence-corrected chi connectivity index (χ0v) is 9.43. The van der Waals surface area contributed by atoms with Crippen molar-refractivity contribution in [2.75, 3.05) is 6.61 Å². The van der Waals surface area contributed by atoms with Crippen LogP contribution >= 0.6 is 12.2 Å². The van der Waals surface area contributed by atoms with Crippen molar-refractivity contribution < 1.29 is 19.3 Å². The van der Waals surface area contributed by atoms with Crippen LogP contribution in [0.2, 0.25) is 0 Å². The van der Waals surface area contributed by atoms with Gasteiger partial charge in [-0.2, -0.15) is 0 Å².